The van der Waals surface area contributed by atoms with Gasteiger partial charge in [-0.1, -0.05) is 12.1 Å². The molecule has 5 nitrogen and oxygen atoms in total. The van der Waals surface area contributed by atoms with Crippen LogP contribution >= 0.6 is 0 Å². The first-order chi connectivity index (χ1) is 11.5. The minimum Gasteiger partial charge on any atom is -0.487 e. The third kappa shape index (κ3) is 3.48. The number of amides is 2. The maximum Gasteiger partial charge on any atom is 0.322 e. The molecule has 0 spiro atoms. The molecule has 2 aromatic rings. The van der Waals surface area contributed by atoms with Gasteiger partial charge < -0.3 is 15.0 Å². The Balaban J connectivity index is 1.70. The van der Waals surface area contributed by atoms with Crippen molar-refractivity contribution in [3.05, 3.63) is 54.1 Å². The first-order valence-corrected chi connectivity index (χ1v) is 7.98. The van der Waals surface area contributed by atoms with Crippen LogP contribution in [0.3, 0.4) is 0 Å². The fourth-order valence-corrected chi connectivity index (χ4v) is 2.68. The zero-order chi connectivity index (χ0) is 17.1. The molecule has 6 heteroatoms. The lowest BCUT2D eigenvalue weighted by molar-refractivity contribution is 0.126. The van der Waals surface area contributed by atoms with Gasteiger partial charge in [0.05, 0.1) is 24.0 Å². The third-order valence-electron chi connectivity index (χ3n) is 3.92. The second-order valence-electron chi connectivity index (χ2n) is 6.02. The number of nitrogens with zero attached hydrogens (tertiary/aromatic N) is 2. The van der Waals surface area contributed by atoms with Crippen molar-refractivity contribution >= 4 is 11.7 Å². The van der Waals surface area contributed by atoms with Gasteiger partial charge in [-0.3, -0.25) is 4.98 Å². The largest absolute Gasteiger partial charge is 0.487 e. The molecule has 0 aliphatic carbocycles. The predicted molar refractivity (Wildman–Crippen MR) is 89.5 cm³/mol. The first kappa shape index (κ1) is 16.2. The highest BCUT2D eigenvalue weighted by molar-refractivity contribution is 5.91. The number of carbonyl (C=O) groups excluding carboxylic acids is 1. The highest BCUT2D eigenvalue weighted by Gasteiger charge is 2.33. The number of nitrogens with one attached hydrogen (secondary N) is 1. The van der Waals surface area contributed by atoms with Crippen molar-refractivity contribution in [3.63, 3.8) is 0 Å². The number of pyridine rings is 1. The molecule has 1 aliphatic heterocycles. The van der Waals surface area contributed by atoms with Crippen molar-refractivity contribution in [2.24, 2.45) is 0 Å². The Morgan fingerprint density at radius 1 is 1.33 bits per heavy atom. The Morgan fingerprint density at radius 3 is 2.71 bits per heavy atom. The van der Waals surface area contributed by atoms with E-state index in [1.54, 1.807) is 35.5 Å². The summed E-state index contributed by atoms with van der Waals surface area (Å²) < 4.78 is 18.7. The van der Waals surface area contributed by atoms with Gasteiger partial charge in [0.1, 0.15) is 5.82 Å². The highest BCUT2D eigenvalue weighted by Crippen LogP contribution is 2.34. The molecule has 24 heavy (non-hydrogen) atoms. The zero-order valence-electron chi connectivity index (χ0n) is 13.7. The lowest BCUT2D eigenvalue weighted by Crippen LogP contribution is -2.47. The van der Waals surface area contributed by atoms with Crippen LogP contribution < -0.4 is 10.1 Å². The van der Waals surface area contributed by atoms with Gasteiger partial charge in [0.15, 0.2) is 5.75 Å². The molecule has 2 heterocycles. The first-order valence-electron chi connectivity index (χ1n) is 7.98. The van der Waals surface area contributed by atoms with Crippen molar-refractivity contribution < 1.29 is 13.9 Å². The lowest BCUT2D eigenvalue weighted by atomic mass is 9.95. The number of urea groups is 1. The van der Waals surface area contributed by atoms with E-state index >= 15 is 0 Å². The van der Waals surface area contributed by atoms with E-state index in [-0.39, 0.29) is 24.0 Å². The van der Waals surface area contributed by atoms with Crippen LogP contribution in [-0.2, 0) is 0 Å². The van der Waals surface area contributed by atoms with Crippen molar-refractivity contribution in [1.29, 1.82) is 0 Å². The molecule has 1 aromatic heterocycles. The van der Waals surface area contributed by atoms with Gasteiger partial charge in [-0.05, 0) is 44.0 Å². The summed E-state index contributed by atoms with van der Waals surface area (Å²) in [7, 11) is 0. The number of hydrogen-bond acceptors (Lipinski definition) is 3. The normalized spacial score (nSPS) is 16.7. The maximum absolute atomic E-state index is 13.1. The van der Waals surface area contributed by atoms with Gasteiger partial charge in [0, 0.05) is 12.7 Å². The molecule has 1 unspecified atom stereocenters. The van der Waals surface area contributed by atoms with Gasteiger partial charge in [-0.2, -0.15) is 0 Å². The van der Waals surface area contributed by atoms with Crippen molar-refractivity contribution in [3.8, 4) is 5.75 Å². The standard InChI is InChI=1S/C18H20FN3O2/c1-12(2)24-17-11-20-9-7-15(17)21-18(23)22-10-8-16(22)13-3-5-14(19)6-4-13/h3-7,9,11-12,16H,8,10H2,1-2H3,(H,20,21,23). The predicted octanol–water partition coefficient (Wildman–Crippen LogP) is 3.99. The molecule has 1 N–H and O–H groups in total. The fraction of sp³-hybridized carbons (Fsp3) is 0.333. The zero-order valence-corrected chi connectivity index (χ0v) is 13.7. The van der Waals surface area contributed by atoms with Crippen molar-refractivity contribution in [2.45, 2.75) is 32.4 Å². The Labute approximate surface area is 140 Å². The van der Waals surface area contributed by atoms with Gasteiger partial charge in [-0.15, -0.1) is 0 Å². The van der Waals surface area contributed by atoms with Crippen LogP contribution in [0.4, 0.5) is 14.9 Å². The SMILES string of the molecule is CC(C)Oc1cnccc1NC(=O)N1CCC1c1ccc(F)cc1. The molecular weight excluding hydrogens is 309 g/mol. The average molecular weight is 329 g/mol. The number of aromatic nitrogens is 1. The molecule has 0 radical (unpaired) electrons. The van der Waals surface area contributed by atoms with E-state index < -0.39 is 0 Å². The van der Waals surface area contributed by atoms with Crippen LogP contribution in [0.2, 0.25) is 0 Å². The van der Waals surface area contributed by atoms with E-state index in [2.05, 4.69) is 10.3 Å². The minimum absolute atomic E-state index is 0.0131. The van der Waals surface area contributed by atoms with Crippen LogP contribution in [0.1, 0.15) is 31.9 Å². The summed E-state index contributed by atoms with van der Waals surface area (Å²) in [5, 5.41) is 2.88. The van der Waals surface area contributed by atoms with E-state index in [1.165, 1.54) is 12.1 Å². The number of likely N-dealkylation sites (tertiary alicyclic amines) is 1. The Morgan fingerprint density at radius 2 is 2.08 bits per heavy atom. The molecule has 1 fully saturated rings. The summed E-state index contributed by atoms with van der Waals surface area (Å²) >= 11 is 0. The molecule has 2 amide bonds. The van der Waals surface area contributed by atoms with Crippen molar-refractivity contribution in [2.75, 3.05) is 11.9 Å². The van der Waals surface area contributed by atoms with Crippen LogP contribution in [0.5, 0.6) is 5.75 Å². The number of benzene rings is 1. The summed E-state index contributed by atoms with van der Waals surface area (Å²) in [5.74, 6) is 0.265. The maximum atomic E-state index is 13.1. The van der Waals surface area contributed by atoms with Gasteiger partial charge in [0.25, 0.3) is 0 Å². The number of anilines is 1. The molecule has 3 rings (SSSR count). The molecule has 1 aromatic carbocycles. The Bertz CT molecular complexity index is 718. The summed E-state index contributed by atoms with van der Waals surface area (Å²) in [6.07, 6.45) is 4.05. The average Bonchev–Trinajstić information content (AvgIpc) is 2.50. The van der Waals surface area contributed by atoms with Crippen LogP contribution in [-0.4, -0.2) is 28.6 Å². The second kappa shape index (κ2) is 6.86. The quantitative estimate of drug-likeness (QED) is 0.923. The summed E-state index contributed by atoms with van der Waals surface area (Å²) in [4.78, 5) is 18.3. The monoisotopic (exact) mass is 329 g/mol. The number of halogens is 1. The molecule has 1 aliphatic rings. The number of rotatable bonds is 4. The van der Waals surface area contributed by atoms with Gasteiger partial charge in [-0.25, -0.2) is 9.18 Å². The molecule has 126 valence electrons. The van der Waals surface area contributed by atoms with Crippen LogP contribution in [0.25, 0.3) is 0 Å². The van der Waals surface area contributed by atoms with Gasteiger partial charge in [0.2, 0.25) is 0 Å². The Hall–Kier alpha value is -2.63. The number of hydrogen-bond donors (Lipinski definition) is 1. The lowest BCUT2D eigenvalue weighted by Gasteiger charge is -2.41. The van der Waals surface area contributed by atoms with E-state index in [0.29, 0.717) is 18.0 Å². The number of carbonyl (C=O) groups is 1. The molecular formula is C18H20FN3O2. The second-order valence-corrected chi connectivity index (χ2v) is 6.02. The smallest absolute Gasteiger partial charge is 0.322 e. The minimum atomic E-state index is -0.277. The molecule has 0 bridgehead atoms. The van der Waals surface area contributed by atoms with E-state index in [0.717, 1.165) is 12.0 Å². The topological polar surface area (TPSA) is 54.5 Å². The molecule has 1 saturated heterocycles. The van der Waals surface area contributed by atoms with E-state index in [9.17, 15) is 9.18 Å². The highest BCUT2D eigenvalue weighted by atomic mass is 19.1. The summed E-state index contributed by atoms with van der Waals surface area (Å²) in [6.45, 7) is 4.50. The molecule has 1 atom stereocenters. The van der Waals surface area contributed by atoms with E-state index in [4.69, 9.17) is 4.74 Å². The number of ether oxygens (including phenoxy) is 1. The molecule has 0 saturated carbocycles. The summed E-state index contributed by atoms with van der Waals surface area (Å²) in [6, 6.07) is 7.76. The third-order valence-corrected chi connectivity index (χ3v) is 3.92. The fourth-order valence-electron chi connectivity index (χ4n) is 2.68. The van der Waals surface area contributed by atoms with Crippen LogP contribution in [0, 0.1) is 5.82 Å². The van der Waals surface area contributed by atoms with Gasteiger partial charge >= 0.3 is 6.03 Å². The van der Waals surface area contributed by atoms with Crippen LogP contribution in [0.15, 0.2) is 42.7 Å². The summed E-state index contributed by atoms with van der Waals surface area (Å²) in [5.41, 5.74) is 1.53. The van der Waals surface area contributed by atoms with Crippen molar-refractivity contribution in [1.82, 2.24) is 9.88 Å². The van der Waals surface area contributed by atoms with E-state index in [1.807, 2.05) is 13.8 Å². The Kier molecular flexibility index (Phi) is 4.64.